The number of rotatable bonds is 4. The fourth-order valence-electron chi connectivity index (χ4n) is 3.45. The lowest BCUT2D eigenvalue weighted by atomic mass is 9.92. The third-order valence-corrected chi connectivity index (χ3v) is 5.48. The highest BCUT2D eigenvalue weighted by Gasteiger charge is 2.50. The van der Waals surface area contributed by atoms with Crippen LogP contribution in [0.3, 0.4) is 0 Å². The minimum Gasteiger partial charge on any atom is -0.360 e. The number of para-hydroxylation sites is 1. The monoisotopic (exact) mass is 415 g/mol. The third-order valence-electron chi connectivity index (χ3n) is 4.94. The summed E-state index contributed by atoms with van der Waals surface area (Å²) in [5, 5.41) is 4.06. The fourth-order valence-corrected chi connectivity index (χ4v) is 4.05. The summed E-state index contributed by atoms with van der Waals surface area (Å²) in [7, 11) is 0. The first-order valence-electron chi connectivity index (χ1n) is 8.50. The van der Waals surface area contributed by atoms with Gasteiger partial charge in [0, 0.05) is 38.3 Å². The van der Waals surface area contributed by atoms with E-state index in [1.165, 1.54) is 6.07 Å². The Morgan fingerprint density at radius 2 is 1.89 bits per heavy atom. The first kappa shape index (κ1) is 18.5. The van der Waals surface area contributed by atoms with Crippen molar-refractivity contribution in [2.75, 3.05) is 6.54 Å². The maximum absolute atomic E-state index is 13.0. The van der Waals surface area contributed by atoms with Gasteiger partial charge in [-0.05, 0) is 25.1 Å². The average molecular weight is 416 g/mol. The van der Waals surface area contributed by atoms with Gasteiger partial charge in [0.2, 0.25) is 0 Å². The van der Waals surface area contributed by atoms with Crippen LogP contribution in [-0.2, 0) is 10.3 Å². The number of H-pyrrole nitrogens is 1. The van der Waals surface area contributed by atoms with Crippen molar-refractivity contribution in [2.45, 2.75) is 12.5 Å². The highest BCUT2D eigenvalue weighted by molar-refractivity contribution is 6.35. The molecule has 1 aliphatic heterocycles. The Kier molecular flexibility index (Phi) is 4.40. The molecule has 1 aromatic heterocycles. The molecule has 3 amide bonds. The van der Waals surface area contributed by atoms with Crippen LogP contribution in [0.1, 0.15) is 22.8 Å². The van der Waals surface area contributed by atoms with Crippen LogP contribution >= 0.6 is 23.2 Å². The maximum atomic E-state index is 13.0. The number of halogens is 2. The summed E-state index contributed by atoms with van der Waals surface area (Å²) < 4.78 is 0. The second-order valence-electron chi connectivity index (χ2n) is 6.74. The molecule has 0 aliphatic carbocycles. The van der Waals surface area contributed by atoms with Crippen LogP contribution in [0, 0.1) is 0 Å². The van der Waals surface area contributed by atoms with Gasteiger partial charge in [-0.15, -0.1) is 0 Å². The van der Waals surface area contributed by atoms with Gasteiger partial charge in [0.25, 0.3) is 5.91 Å². The first-order valence-corrected chi connectivity index (χ1v) is 9.26. The molecule has 2 N–H and O–H groups in total. The lowest BCUT2D eigenvalue weighted by molar-refractivity contribution is -0.130. The number of hydrogen-bond donors (Lipinski definition) is 2. The molecule has 4 rings (SSSR count). The first-order chi connectivity index (χ1) is 13.3. The zero-order valence-corrected chi connectivity index (χ0v) is 16.3. The number of carbonyl (C=O) groups is 3. The zero-order chi connectivity index (χ0) is 20.1. The molecular weight excluding hydrogens is 401 g/mol. The quantitative estimate of drug-likeness (QED) is 0.496. The number of hydrogen-bond acceptors (Lipinski definition) is 3. The van der Waals surface area contributed by atoms with E-state index in [1.54, 1.807) is 25.3 Å². The summed E-state index contributed by atoms with van der Waals surface area (Å²) in [6, 6.07) is 11.4. The molecule has 8 heteroatoms. The number of imide groups is 1. The van der Waals surface area contributed by atoms with Crippen LogP contribution < -0.4 is 5.32 Å². The molecular formula is C20H15Cl2N3O3. The third kappa shape index (κ3) is 2.85. The Bertz CT molecular complexity index is 1140. The van der Waals surface area contributed by atoms with Crippen molar-refractivity contribution in [2.24, 2.45) is 0 Å². The Morgan fingerprint density at radius 1 is 1.14 bits per heavy atom. The molecule has 1 atom stereocenters. The number of benzene rings is 2. The van der Waals surface area contributed by atoms with Crippen molar-refractivity contribution in [1.29, 1.82) is 0 Å². The zero-order valence-electron chi connectivity index (χ0n) is 14.8. The molecule has 1 aliphatic rings. The van der Waals surface area contributed by atoms with Gasteiger partial charge in [-0.1, -0.05) is 47.5 Å². The molecule has 1 saturated heterocycles. The summed E-state index contributed by atoms with van der Waals surface area (Å²) in [6.45, 7) is 1.19. The van der Waals surface area contributed by atoms with Gasteiger partial charge in [0.15, 0.2) is 5.78 Å². The van der Waals surface area contributed by atoms with Gasteiger partial charge in [-0.25, -0.2) is 4.79 Å². The Morgan fingerprint density at radius 3 is 2.64 bits per heavy atom. The number of amides is 3. The highest BCUT2D eigenvalue weighted by atomic mass is 35.5. The van der Waals surface area contributed by atoms with Crippen molar-refractivity contribution < 1.29 is 14.4 Å². The Balaban J connectivity index is 1.63. The molecule has 2 heterocycles. The summed E-state index contributed by atoms with van der Waals surface area (Å²) in [6.07, 6.45) is 1.58. The van der Waals surface area contributed by atoms with Gasteiger partial charge in [-0.2, -0.15) is 0 Å². The van der Waals surface area contributed by atoms with E-state index in [1.807, 2.05) is 24.3 Å². The van der Waals surface area contributed by atoms with E-state index in [2.05, 4.69) is 10.3 Å². The topological polar surface area (TPSA) is 82.3 Å². The molecule has 2 aromatic carbocycles. The van der Waals surface area contributed by atoms with Gasteiger partial charge < -0.3 is 10.3 Å². The Labute approximate surface area is 170 Å². The molecule has 0 spiro atoms. The van der Waals surface area contributed by atoms with E-state index in [0.29, 0.717) is 16.1 Å². The number of aromatic nitrogens is 1. The van der Waals surface area contributed by atoms with Crippen LogP contribution in [0.4, 0.5) is 4.79 Å². The van der Waals surface area contributed by atoms with Crippen LogP contribution in [0.2, 0.25) is 10.0 Å². The smallest absolute Gasteiger partial charge is 0.325 e. The number of urea groups is 1. The summed E-state index contributed by atoms with van der Waals surface area (Å²) >= 11 is 12.2. The molecule has 28 heavy (non-hydrogen) atoms. The van der Waals surface area contributed by atoms with E-state index in [4.69, 9.17) is 23.2 Å². The molecule has 0 unspecified atom stereocenters. The van der Waals surface area contributed by atoms with Crippen molar-refractivity contribution in [3.8, 4) is 0 Å². The fraction of sp³-hybridized carbons (Fsp3) is 0.150. The van der Waals surface area contributed by atoms with E-state index in [9.17, 15) is 14.4 Å². The summed E-state index contributed by atoms with van der Waals surface area (Å²) in [5.41, 5.74) is 0.272. The highest BCUT2D eigenvalue weighted by Crippen LogP contribution is 2.35. The van der Waals surface area contributed by atoms with Gasteiger partial charge in [0.1, 0.15) is 5.54 Å². The van der Waals surface area contributed by atoms with Gasteiger partial charge >= 0.3 is 6.03 Å². The maximum Gasteiger partial charge on any atom is 0.325 e. The number of ketones is 1. The number of Topliss-reactive ketones (excluding diaryl/α,β-unsaturated/α-hetero) is 1. The predicted molar refractivity (Wildman–Crippen MR) is 107 cm³/mol. The minimum absolute atomic E-state index is 0.258. The molecule has 0 saturated carbocycles. The van der Waals surface area contributed by atoms with Crippen LogP contribution in [0.5, 0.6) is 0 Å². The molecule has 0 bridgehead atoms. The van der Waals surface area contributed by atoms with Crippen LogP contribution in [0.25, 0.3) is 10.9 Å². The van der Waals surface area contributed by atoms with Crippen molar-refractivity contribution in [3.05, 3.63) is 69.8 Å². The van der Waals surface area contributed by atoms with E-state index in [-0.39, 0.29) is 17.4 Å². The van der Waals surface area contributed by atoms with Crippen LogP contribution in [-0.4, -0.2) is 34.2 Å². The second-order valence-corrected chi connectivity index (χ2v) is 7.59. The molecule has 0 radical (unpaired) electrons. The van der Waals surface area contributed by atoms with E-state index < -0.39 is 17.5 Å². The normalized spacial score (nSPS) is 19.3. The second kappa shape index (κ2) is 6.65. The van der Waals surface area contributed by atoms with Crippen molar-refractivity contribution in [3.63, 3.8) is 0 Å². The average Bonchev–Trinajstić information content (AvgIpc) is 3.17. The standard InChI is InChI=1S/C20H15Cl2N3O3/c1-20(14-7-6-11(21)8-15(14)22)18(27)25(19(28)24-20)10-17(26)13-9-23-16-5-3-2-4-12(13)16/h2-9,23H,10H2,1H3,(H,24,28)/t20-/m0/s1. The molecule has 6 nitrogen and oxygen atoms in total. The number of nitrogens with zero attached hydrogens (tertiary/aromatic N) is 1. The van der Waals surface area contributed by atoms with E-state index in [0.717, 1.165) is 15.8 Å². The molecule has 1 fully saturated rings. The number of aromatic amines is 1. The molecule has 3 aromatic rings. The largest absolute Gasteiger partial charge is 0.360 e. The van der Waals surface area contributed by atoms with Gasteiger partial charge in [-0.3, -0.25) is 14.5 Å². The minimum atomic E-state index is -1.38. The van der Waals surface area contributed by atoms with Gasteiger partial charge in [0.05, 0.1) is 6.54 Å². The Hall–Kier alpha value is -2.83. The molecule has 142 valence electrons. The number of nitrogens with one attached hydrogen (secondary N) is 2. The lowest BCUT2D eigenvalue weighted by Crippen LogP contribution is -2.41. The van der Waals surface area contributed by atoms with E-state index >= 15 is 0 Å². The predicted octanol–water partition coefficient (Wildman–Crippen LogP) is 4.12. The number of fused-ring (bicyclic) bond motifs is 1. The van der Waals surface area contributed by atoms with Crippen LogP contribution in [0.15, 0.2) is 48.7 Å². The summed E-state index contributed by atoms with van der Waals surface area (Å²) in [5.74, 6) is -0.887. The number of carbonyl (C=O) groups excluding carboxylic acids is 3. The summed E-state index contributed by atoms with van der Waals surface area (Å²) in [4.78, 5) is 42.2. The SMILES string of the molecule is C[C@@]1(c2ccc(Cl)cc2Cl)NC(=O)N(CC(=O)c2c[nH]c3ccccc23)C1=O. The van der Waals surface area contributed by atoms with Crippen molar-refractivity contribution >= 4 is 51.8 Å². The van der Waals surface area contributed by atoms with Crippen molar-refractivity contribution in [1.82, 2.24) is 15.2 Å². The lowest BCUT2D eigenvalue weighted by Gasteiger charge is -2.23.